The number of hydrogen-bond acceptors (Lipinski definition) is 3. The summed E-state index contributed by atoms with van der Waals surface area (Å²) >= 11 is 3.14. The lowest BCUT2D eigenvalue weighted by molar-refractivity contribution is 0.155. The molecule has 0 radical (unpaired) electrons. The van der Waals surface area contributed by atoms with Gasteiger partial charge >= 0.3 is 6.09 Å². The van der Waals surface area contributed by atoms with Crippen molar-refractivity contribution in [1.29, 1.82) is 0 Å². The molecular weight excluding hydrogens is 315 g/mol. The summed E-state index contributed by atoms with van der Waals surface area (Å²) in [5.74, 6) is -0.764. The smallest absolute Gasteiger partial charge is 0.412 e. The summed E-state index contributed by atoms with van der Waals surface area (Å²) in [7, 11) is 0. The van der Waals surface area contributed by atoms with Crippen molar-refractivity contribution in [3.63, 3.8) is 0 Å². The Morgan fingerprint density at radius 2 is 2.11 bits per heavy atom. The van der Waals surface area contributed by atoms with Crippen LogP contribution >= 0.6 is 15.9 Å². The number of nitrogens with one attached hydrogen (secondary N) is 1. The predicted molar refractivity (Wildman–Crippen MR) is 72.1 cm³/mol. The molecule has 0 bridgehead atoms. The third kappa shape index (κ3) is 4.03. The number of carbonyl (C=O) groups excluding carboxylic acids is 1. The Bertz CT molecular complexity index is 578. The second-order valence-electron chi connectivity index (χ2n) is 3.68. The highest BCUT2D eigenvalue weighted by Gasteiger charge is 2.09. The van der Waals surface area contributed by atoms with Gasteiger partial charge in [-0.3, -0.25) is 5.32 Å². The molecule has 19 heavy (non-hydrogen) atoms. The molecule has 1 N–H and O–H groups in total. The SMILES string of the molecule is O=C(Nc1cc(Br)cnc1F)OCc1ccccc1. The molecule has 0 aliphatic heterocycles. The number of anilines is 1. The number of amides is 1. The highest BCUT2D eigenvalue weighted by atomic mass is 79.9. The predicted octanol–water partition coefficient (Wildman–Crippen LogP) is 3.73. The number of halogens is 2. The van der Waals surface area contributed by atoms with Gasteiger partial charge in [0.15, 0.2) is 0 Å². The molecule has 0 saturated heterocycles. The first-order chi connectivity index (χ1) is 9.15. The molecule has 0 atom stereocenters. The van der Waals surface area contributed by atoms with E-state index in [4.69, 9.17) is 4.74 Å². The van der Waals surface area contributed by atoms with Crippen molar-refractivity contribution in [3.8, 4) is 0 Å². The van der Waals surface area contributed by atoms with E-state index in [1.54, 1.807) is 0 Å². The Morgan fingerprint density at radius 3 is 2.84 bits per heavy atom. The standard InChI is InChI=1S/C13H10BrFN2O2/c14-10-6-11(12(15)16-7-10)17-13(18)19-8-9-4-2-1-3-5-9/h1-7H,8H2,(H,17,18). The molecule has 0 spiro atoms. The summed E-state index contributed by atoms with van der Waals surface area (Å²) in [5, 5.41) is 2.29. The topological polar surface area (TPSA) is 51.2 Å². The van der Waals surface area contributed by atoms with Crippen LogP contribution in [0.1, 0.15) is 5.56 Å². The fourth-order valence-electron chi connectivity index (χ4n) is 1.38. The molecule has 0 unspecified atom stereocenters. The first-order valence-corrected chi connectivity index (χ1v) is 6.23. The molecule has 0 aliphatic carbocycles. The average molecular weight is 325 g/mol. The Kier molecular flexibility index (Phi) is 4.46. The lowest BCUT2D eigenvalue weighted by atomic mass is 10.2. The van der Waals surface area contributed by atoms with Gasteiger partial charge in [-0.25, -0.2) is 9.78 Å². The van der Waals surface area contributed by atoms with Crippen molar-refractivity contribution < 1.29 is 13.9 Å². The minimum absolute atomic E-state index is 0.0348. The van der Waals surface area contributed by atoms with Crippen LogP contribution in [0.5, 0.6) is 0 Å². The van der Waals surface area contributed by atoms with E-state index in [2.05, 4.69) is 26.2 Å². The maximum Gasteiger partial charge on any atom is 0.412 e. The first kappa shape index (κ1) is 13.5. The molecule has 1 heterocycles. The molecule has 98 valence electrons. The molecule has 0 fully saturated rings. The van der Waals surface area contributed by atoms with Gasteiger partial charge < -0.3 is 4.74 Å². The second kappa shape index (κ2) is 6.29. The number of nitrogens with zero attached hydrogens (tertiary/aromatic N) is 1. The number of ether oxygens (including phenoxy) is 1. The second-order valence-corrected chi connectivity index (χ2v) is 4.59. The largest absolute Gasteiger partial charge is 0.444 e. The number of carbonyl (C=O) groups is 1. The summed E-state index contributed by atoms with van der Waals surface area (Å²) < 4.78 is 18.8. The number of hydrogen-bond donors (Lipinski definition) is 1. The zero-order valence-electron chi connectivity index (χ0n) is 9.77. The normalized spacial score (nSPS) is 10.0. The summed E-state index contributed by atoms with van der Waals surface area (Å²) in [6.07, 6.45) is 0.568. The van der Waals surface area contributed by atoms with E-state index < -0.39 is 12.0 Å². The third-order valence-corrected chi connectivity index (χ3v) is 2.69. The number of pyridine rings is 1. The summed E-state index contributed by atoms with van der Waals surface area (Å²) in [6, 6.07) is 10.6. The van der Waals surface area contributed by atoms with Crippen LogP contribution in [0.3, 0.4) is 0 Å². The van der Waals surface area contributed by atoms with Crippen LogP contribution < -0.4 is 5.32 Å². The maximum atomic E-state index is 13.3. The van der Waals surface area contributed by atoms with Gasteiger partial charge in [-0.2, -0.15) is 4.39 Å². The molecular formula is C13H10BrFN2O2. The highest BCUT2D eigenvalue weighted by molar-refractivity contribution is 9.10. The quantitative estimate of drug-likeness (QED) is 0.875. The lowest BCUT2D eigenvalue weighted by Crippen LogP contribution is -2.14. The number of rotatable bonds is 3. The van der Waals surface area contributed by atoms with Crippen molar-refractivity contribution in [2.45, 2.75) is 6.61 Å². The van der Waals surface area contributed by atoms with Gasteiger partial charge in [0.1, 0.15) is 12.3 Å². The Hall–Kier alpha value is -1.95. The van der Waals surface area contributed by atoms with E-state index in [0.29, 0.717) is 4.47 Å². The van der Waals surface area contributed by atoms with Gasteiger partial charge in [0, 0.05) is 10.7 Å². The molecule has 1 aromatic carbocycles. The van der Waals surface area contributed by atoms with Crippen LogP contribution in [0.2, 0.25) is 0 Å². The molecule has 6 heteroatoms. The van der Waals surface area contributed by atoms with Crippen LogP contribution in [0.25, 0.3) is 0 Å². The number of aromatic nitrogens is 1. The molecule has 4 nitrogen and oxygen atoms in total. The van der Waals surface area contributed by atoms with Crippen molar-refractivity contribution in [2.75, 3.05) is 5.32 Å². The van der Waals surface area contributed by atoms with Gasteiger partial charge in [0.2, 0.25) is 5.95 Å². The number of benzene rings is 1. The average Bonchev–Trinajstić information content (AvgIpc) is 2.42. The highest BCUT2D eigenvalue weighted by Crippen LogP contribution is 2.17. The van der Waals surface area contributed by atoms with E-state index in [1.807, 2.05) is 30.3 Å². The van der Waals surface area contributed by atoms with Gasteiger partial charge in [0.05, 0.1) is 0 Å². The molecule has 1 amide bonds. The summed E-state index contributed by atoms with van der Waals surface area (Å²) in [5.41, 5.74) is 0.818. The minimum Gasteiger partial charge on any atom is -0.444 e. The van der Waals surface area contributed by atoms with Gasteiger partial charge in [-0.15, -0.1) is 0 Å². The monoisotopic (exact) mass is 324 g/mol. The van der Waals surface area contributed by atoms with E-state index in [0.717, 1.165) is 5.56 Å². The van der Waals surface area contributed by atoms with Crippen LogP contribution in [0.15, 0.2) is 47.1 Å². The van der Waals surface area contributed by atoms with Crippen molar-refractivity contribution in [2.24, 2.45) is 0 Å². The fourth-order valence-corrected chi connectivity index (χ4v) is 1.71. The van der Waals surface area contributed by atoms with Crippen LogP contribution in [0.4, 0.5) is 14.9 Å². The maximum absolute atomic E-state index is 13.3. The van der Waals surface area contributed by atoms with Crippen LogP contribution in [0, 0.1) is 5.95 Å². The summed E-state index contributed by atoms with van der Waals surface area (Å²) in [6.45, 7) is 0.121. The lowest BCUT2D eigenvalue weighted by Gasteiger charge is -2.07. The van der Waals surface area contributed by atoms with Crippen LogP contribution in [-0.4, -0.2) is 11.1 Å². The fraction of sp³-hybridized carbons (Fsp3) is 0.0769. The Balaban J connectivity index is 1.93. The minimum atomic E-state index is -0.764. The van der Waals surface area contributed by atoms with Gasteiger partial charge in [-0.05, 0) is 27.6 Å². The Morgan fingerprint density at radius 1 is 1.37 bits per heavy atom. The van der Waals surface area contributed by atoms with Gasteiger partial charge in [-0.1, -0.05) is 30.3 Å². The molecule has 2 rings (SSSR count). The Labute approximate surface area is 117 Å². The molecule has 0 saturated carbocycles. The third-order valence-electron chi connectivity index (χ3n) is 2.26. The van der Waals surface area contributed by atoms with Crippen LogP contribution in [-0.2, 0) is 11.3 Å². The van der Waals surface area contributed by atoms with E-state index >= 15 is 0 Å². The summed E-state index contributed by atoms with van der Waals surface area (Å²) in [4.78, 5) is 15.0. The first-order valence-electron chi connectivity index (χ1n) is 5.44. The van der Waals surface area contributed by atoms with Crippen molar-refractivity contribution in [1.82, 2.24) is 4.98 Å². The zero-order valence-corrected chi connectivity index (χ0v) is 11.4. The van der Waals surface area contributed by atoms with E-state index in [9.17, 15) is 9.18 Å². The van der Waals surface area contributed by atoms with E-state index in [-0.39, 0.29) is 12.3 Å². The molecule has 0 aliphatic rings. The zero-order chi connectivity index (χ0) is 13.7. The van der Waals surface area contributed by atoms with Crippen molar-refractivity contribution in [3.05, 3.63) is 58.6 Å². The van der Waals surface area contributed by atoms with Gasteiger partial charge in [0.25, 0.3) is 0 Å². The molecule has 2 aromatic rings. The van der Waals surface area contributed by atoms with E-state index in [1.165, 1.54) is 12.3 Å². The molecule has 1 aromatic heterocycles. The van der Waals surface area contributed by atoms with Crippen molar-refractivity contribution >= 4 is 27.7 Å².